The number of fused-ring (bicyclic) bond motifs is 1. The number of hydrogen-bond donors (Lipinski definition) is 1. The number of amides is 1. The molecule has 0 saturated carbocycles. The van der Waals surface area contributed by atoms with Gasteiger partial charge < -0.3 is 14.6 Å². The third-order valence-corrected chi connectivity index (χ3v) is 4.85. The van der Waals surface area contributed by atoms with Crippen molar-refractivity contribution in [2.75, 3.05) is 23.3 Å². The minimum atomic E-state index is -0.660. The second-order valence-electron chi connectivity index (χ2n) is 6.74. The Labute approximate surface area is 156 Å². The third-order valence-electron chi connectivity index (χ3n) is 4.85. The van der Waals surface area contributed by atoms with Crippen LogP contribution in [-0.4, -0.2) is 24.0 Å². The number of rotatable bonds is 3. The predicted octanol–water partition coefficient (Wildman–Crippen LogP) is 3.82. The molecular formula is C21H21N3O3. The first-order valence-corrected chi connectivity index (χ1v) is 9.26. The summed E-state index contributed by atoms with van der Waals surface area (Å²) in [6, 6.07) is 12.4. The number of para-hydroxylation sites is 1. The Bertz CT molecular complexity index is 1000. The summed E-state index contributed by atoms with van der Waals surface area (Å²) in [7, 11) is 0. The van der Waals surface area contributed by atoms with Gasteiger partial charge in [0.25, 0.3) is 5.91 Å². The van der Waals surface area contributed by atoms with Crippen LogP contribution in [0.5, 0.6) is 0 Å². The van der Waals surface area contributed by atoms with Crippen LogP contribution in [0.4, 0.5) is 11.5 Å². The molecule has 3 aromatic rings. The maximum atomic E-state index is 12.5. The molecule has 138 valence electrons. The fourth-order valence-electron chi connectivity index (χ4n) is 3.38. The van der Waals surface area contributed by atoms with Crippen molar-refractivity contribution >= 4 is 28.4 Å². The summed E-state index contributed by atoms with van der Waals surface area (Å²) in [6.07, 6.45) is 6.69. The van der Waals surface area contributed by atoms with Crippen LogP contribution in [0, 0.1) is 0 Å². The molecule has 0 aliphatic carbocycles. The largest absolute Gasteiger partial charge is 0.422 e. The van der Waals surface area contributed by atoms with E-state index in [2.05, 4.69) is 15.2 Å². The fourth-order valence-corrected chi connectivity index (χ4v) is 3.38. The Kier molecular flexibility index (Phi) is 4.87. The van der Waals surface area contributed by atoms with Gasteiger partial charge in [-0.05, 0) is 37.1 Å². The number of nitrogens with one attached hydrogen (secondary N) is 1. The van der Waals surface area contributed by atoms with Crippen molar-refractivity contribution in [3.63, 3.8) is 0 Å². The van der Waals surface area contributed by atoms with Crippen molar-refractivity contribution in [3.05, 3.63) is 64.6 Å². The highest BCUT2D eigenvalue weighted by Gasteiger charge is 2.15. The first-order valence-electron chi connectivity index (χ1n) is 9.26. The van der Waals surface area contributed by atoms with E-state index in [1.807, 2.05) is 12.1 Å². The Balaban J connectivity index is 1.51. The summed E-state index contributed by atoms with van der Waals surface area (Å²) in [5.74, 6) is -0.115. The van der Waals surface area contributed by atoms with E-state index >= 15 is 0 Å². The van der Waals surface area contributed by atoms with Crippen LogP contribution in [-0.2, 0) is 0 Å². The van der Waals surface area contributed by atoms with Crippen molar-refractivity contribution < 1.29 is 9.21 Å². The normalized spacial score (nSPS) is 14.7. The lowest BCUT2D eigenvalue weighted by Crippen LogP contribution is -2.24. The number of carbonyl (C=O) groups excluding carboxylic acids is 1. The number of nitrogens with zero attached hydrogens (tertiary/aromatic N) is 2. The zero-order valence-corrected chi connectivity index (χ0v) is 15.0. The van der Waals surface area contributed by atoms with Gasteiger partial charge in [-0.15, -0.1) is 0 Å². The van der Waals surface area contributed by atoms with Crippen LogP contribution in [0.1, 0.15) is 36.0 Å². The molecule has 6 heteroatoms. The Morgan fingerprint density at radius 2 is 1.81 bits per heavy atom. The van der Waals surface area contributed by atoms with Crippen LogP contribution in [0.2, 0.25) is 0 Å². The van der Waals surface area contributed by atoms with E-state index in [0.29, 0.717) is 16.8 Å². The van der Waals surface area contributed by atoms with Gasteiger partial charge in [-0.1, -0.05) is 31.0 Å². The van der Waals surface area contributed by atoms with E-state index in [1.54, 1.807) is 36.5 Å². The van der Waals surface area contributed by atoms with Gasteiger partial charge in [0.1, 0.15) is 17.0 Å². The molecule has 0 bridgehead atoms. The van der Waals surface area contributed by atoms with Gasteiger partial charge in [0, 0.05) is 18.5 Å². The van der Waals surface area contributed by atoms with Crippen molar-refractivity contribution in [1.29, 1.82) is 0 Å². The molecule has 0 atom stereocenters. The van der Waals surface area contributed by atoms with Gasteiger partial charge in [-0.3, -0.25) is 4.79 Å². The molecule has 0 spiro atoms. The summed E-state index contributed by atoms with van der Waals surface area (Å²) in [6.45, 7) is 2.07. The molecule has 27 heavy (non-hydrogen) atoms. The maximum absolute atomic E-state index is 12.5. The van der Waals surface area contributed by atoms with Gasteiger partial charge in [0.2, 0.25) is 0 Å². The molecule has 1 N–H and O–H groups in total. The lowest BCUT2D eigenvalue weighted by molar-refractivity contribution is 0.102. The van der Waals surface area contributed by atoms with Crippen molar-refractivity contribution in [1.82, 2.24) is 4.98 Å². The second-order valence-corrected chi connectivity index (χ2v) is 6.74. The molecule has 1 amide bonds. The topological polar surface area (TPSA) is 75.4 Å². The lowest BCUT2D eigenvalue weighted by atomic mass is 10.2. The standard InChI is InChI=1S/C21H21N3O3/c25-20(17-13-15-7-3-4-8-18(15)27-21(17)26)23-19-10-9-16(14-22-19)24-11-5-1-2-6-12-24/h3-4,7-10,13-14H,1-2,5-6,11-12H2,(H,22,23,25). The minimum Gasteiger partial charge on any atom is -0.422 e. The summed E-state index contributed by atoms with van der Waals surface area (Å²) in [5, 5.41) is 3.38. The van der Waals surface area contributed by atoms with Gasteiger partial charge in [-0.2, -0.15) is 0 Å². The van der Waals surface area contributed by atoms with E-state index in [9.17, 15) is 9.59 Å². The Morgan fingerprint density at radius 1 is 1.04 bits per heavy atom. The van der Waals surface area contributed by atoms with Crippen LogP contribution in [0.3, 0.4) is 0 Å². The third kappa shape index (κ3) is 3.84. The highest BCUT2D eigenvalue weighted by Crippen LogP contribution is 2.20. The number of hydrogen-bond acceptors (Lipinski definition) is 5. The van der Waals surface area contributed by atoms with Crippen LogP contribution >= 0.6 is 0 Å². The van der Waals surface area contributed by atoms with Crippen LogP contribution < -0.4 is 15.8 Å². The van der Waals surface area contributed by atoms with E-state index < -0.39 is 11.5 Å². The lowest BCUT2D eigenvalue weighted by Gasteiger charge is -2.22. The fraction of sp³-hybridized carbons (Fsp3) is 0.286. The number of benzene rings is 1. The van der Waals surface area contributed by atoms with Gasteiger partial charge >= 0.3 is 5.63 Å². The quantitative estimate of drug-likeness (QED) is 0.716. The van der Waals surface area contributed by atoms with Gasteiger partial charge in [-0.25, -0.2) is 9.78 Å². The maximum Gasteiger partial charge on any atom is 0.349 e. The molecule has 3 heterocycles. The number of anilines is 2. The molecule has 1 aliphatic rings. The number of carbonyl (C=O) groups is 1. The predicted molar refractivity (Wildman–Crippen MR) is 105 cm³/mol. The molecular weight excluding hydrogens is 342 g/mol. The summed E-state index contributed by atoms with van der Waals surface area (Å²) in [4.78, 5) is 31.3. The average Bonchev–Trinajstić information content (AvgIpc) is 2.97. The van der Waals surface area contributed by atoms with Crippen molar-refractivity contribution in [3.8, 4) is 0 Å². The molecule has 1 fully saturated rings. The summed E-state index contributed by atoms with van der Waals surface area (Å²) < 4.78 is 5.22. The Morgan fingerprint density at radius 3 is 2.56 bits per heavy atom. The molecule has 1 aliphatic heterocycles. The first kappa shape index (κ1) is 17.3. The van der Waals surface area contributed by atoms with Crippen LogP contribution in [0.25, 0.3) is 11.0 Å². The van der Waals surface area contributed by atoms with E-state index in [4.69, 9.17) is 4.42 Å². The minimum absolute atomic E-state index is 0.0351. The monoisotopic (exact) mass is 363 g/mol. The van der Waals surface area contributed by atoms with E-state index in [0.717, 1.165) is 18.8 Å². The van der Waals surface area contributed by atoms with Gasteiger partial charge in [0.05, 0.1) is 11.9 Å². The molecule has 6 nitrogen and oxygen atoms in total. The molecule has 0 radical (unpaired) electrons. The number of pyridine rings is 1. The second kappa shape index (κ2) is 7.61. The molecule has 2 aromatic heterocycles. The van der Waals surface area contributed by atoms with E-state index in [1.165, 1.54) is 25.7 Å². The van der Waals surface area contributed by atoms with Crippen molar-refractivity contribution in [2.45, 2.75) is 25.7 Å². The summed E-state index contributed by atoms with van der Waals surface area (Å²) in [5.41, 5.74) is 0.818. The SMILES string of the molecule is O=C(Nc1ccc(N2CCCCCC2)cn1)c1cc2ccccc2oc1=O. The van der Waals surface area contributed by atoms with Gasteiger partial charge in [0.15, 0.2) is 0 Å². The molecule has 0 unspecified atom stereocenters. The molecule has 1 saturated heterocycles. The highest BCUT2D eigenvalue weighted by atomic mass is 16.4. The number of aromatic nitrogens is 1. The average molecular weight is 363 g/mol. The molecule has 1 aromatic carbocycles. The zero-order chi connectivity index (χ0) is 18.6. The smallest absolute Gasteiger partial charge is 0.349 e. The highest BCUT2D eigenvalue weighted by molar-refractivity contribution is 6.04. The van der Waals surface area contributed by atoms with Crippen LogP contribution in [0.15, 0.2) is 57.9 Å². The first-order chi connectivity index (χ1) is 13.2. The Hall–Kier alpha value is -3.15. The van der Waals surface area contributed by atoms with Crippen molar-refractivity contribution in [2.24, 2.45) is 0 Å². The zero-order valence-electron chi connectivity index (χ0n) is 15.0. The summed E-state index contributed by atoms with van der Waals surface area (Å²) >= 11 is 0. The van der Waals surface area contributed by atoms with E-state index in [-0.39, 0.29) is 5.56 Å². The molecule has 4 rings (SSSR count).